The van der Waals surface area contributed by atoms with Crippen LogP contribution in [0.25, 0.3) is 0 Å². The van der Waals surface area contributed by atoms with E-state index in [0.717, 1.165) is 23.5 Å². The van der Waals surface area contributed by atoms with E-state index >= 15 is 0 Å². The number of nitrogens with zero attached hydrogens (tertiary/aromatic N) is 2. The number of hydrogen-bond acceptors (Lipinski definition) is 6. The third-order valence-electron chi connectivity index (χ3n) is 5.10. The van der Waals surface area contributed by atoms with Gasteiger partial charge in [0.2, 0.25) is 0 Å². The van der Waals surface area contributed by atoms with Crippen LogP contribution < -0.4 is 10.0 Å². The van der Waals surface area contributed by atoms with Gasteiger partial charge in [-0.3, -0.25) is 4.72 Å². The SMILES string of the molecule is Cc1cc(S(=O)(=O)Nc2nccs2)c(F)cc1N[C@H]1CC=C(C(F)(F)F)C[C@@H]1N(C)C. The minimum absolute atomic E-state index is 0.102. The van der Waals surface area contributed by atoms with Gasteiger partial charge in [0, 0.05) is 34.9 Å². The van der Waals surface area contributed by atoms with Crippen LogP contribution in [0.1, 0.15) is 18.4 Å². The summed E-state index contributed by atoms with van der Waals surface area (Å²) in [5.41, 5.74) is 0.192. The van der Waals surface area contributed by atoms with Crippen molar-refractivity contribution in [2.45, 2.75) is 42.9 Å². The lowest BCUT2D eigenvalue weighted by atomic mass is 9.88. The van der Waals surface area contributed by atoms with Crippen LogP contribution in [0.5, 0.6) is 0 Å². The van der Waals surface area contributed by atoms with Crippen molar-refractivity contribution in [3.8, 4) is 0 Å². The highest BCUT2D eigenvalue weighted by Gasteiger charge is 2.40. The zero-order chi connectivity index (χ0) is 23.0. The minimum atomic E-state index is -4.39. The van der Waals surface area contributed by atoms with E-state index in [-0.39, 0.29) is 18.0 Å². The normalized spacial score (nSPS) is 19.9. The summed E-state index contributed by atoms with van der Waals surface area (Å²) in [6, 6.07) is 1.37. The van der Waals surface area contributed by atoms with Gasteiger partial charge in [0.25, 0.3) is 10.0 Å². The highest BCUT2D eigenvalue weighted by molar-refractivity contribution is 7.93. The summed E-state index contributed by atoms with van der Waals surface area (Å²) >= 11 is 1.06. The van der Waals surface area contributed by atoms with Crippen LogP contribution >= 0.6 is 11.3 Å². The quantitative estimate of drug-likeness (QED) is 0.476. The molecule has 1 heterocycles. The number of thiazole rings is 1. The van der Waals surface area contributed by atoms with E-state index in [1.165, 1.54) is 12.3 Å². The molecule has 12 heteroatoms. The van der Waals surface area contributed by atoms with Gasteiger partial charge in [-0.05, 0) is 51.6 Å². The Morgan fingerprint density at radius 1 is 1.26 bits per heavy atom. The van der Waals surface area contributed by atoms with Gasteiger partial charge < -0.3 is 10.2 Å². The first-order chi connectivity index (χ1) is 14.4. The Morgan fingerprint density at radius 2 is 1.97 bits per heavy atom. The van der Waals surface area contributed by atoms with Crippen molar-refractivity contribution < 1.29 is 26.0 Å². The van der Waals surface area contributed by atoms with E-state index in [1.807, 2.05) is 0 Å². The fourth-order valence-electron chi connectivity index (χ4n) is 3.47. The second-order valence-corrected chi connectivity index (χ2v) is 10.0. The minimum Gasteiger partial charge on any atom is -0.380 e. The molecule has 0 radical (unpaired) electrons. The van der Waals surface area contributed by atoms with Crippen molar-refractivity contribution in [3.05, 3.63) is 46.7 Å². The molecule has 0 bridgehead atoms. The average Bonchev–Trinajstić information content (AvgIpc) is 3.15. The lowest BCUT2D eigenvalue weighted by Crippen LogP contribution is -2.46. The summed E-state index contributed by atoms with van der Waals surface area (Å²) in [6.45, 7) is 1.61. The van der Waals surface area contributed by atoms with Crippen molar-refractivity contribution in [1.82, 2.24) is 9.88 Å². The van der Waals surface area contributed by atoms with Crippen LogP contribution in [0.15, 0.2) is 40.3 Å². The van der Waals surface area contributed by atoms with Gasteiger partial charge in [-0.15, -0.1) is 11.3 Å². The molecule has 31 heavy (non-hydrogen) atoms. The predicted molar refractivity (Wildman–Crippen MR) is 112 cm³/mol. The Kier molecular flexibility index (Phi) is 6.63. The van der Waals surface area contributed by atoms with Gasteiger partial charge >= 0.3 is 6.18 Å². The number of halogens is 4. The molecule has 0 fully saturated rings. The Bertz CT molecular complexity index is 1070. The summed E-state index contributed by atoms with van der Waals surface area (Å²) in [5, 5.41) is 4.79. The fourth-order valence-corrected chi connectivity index (χ4v) is 5.40. The number of nitrogens with one attached hydrogen (secondary N) is 2. The number of aryl methyl sites for hydroxylation is 1. The molecular weight excluding hydrogens is 456 g/mol. The number of hydrogen-bond donors (Lipinski definition) is 2. The van der Waals surface area contributed by atoms with Crippen molar-refractivity contribution >= 4 is 32.2 Å². The molecule has 170 valence electrons. The van der Waals surface area contributed by atoms with Crippen LogP contribution in [0.4, 0.5) is 28.4 Å². The first-order valence-corrected chi connectivity index (χ1v) is 11.7. The Balaban J connectivity index is 1.85. The lowest BCUT2D eigenvalue weighted by Gasteiger charge is -2.37. The Hall–Kier alpha value is -2.18. The predicted octanol–water partition coefficient (Wildman–Crippen LogP) is 4.38. The molecule has 6 nitrogen and oxygen atoms in total. The van der Waals surface area contributed by atoms with Gasteiger partial charge in [-0.25, -0.2) is 17.8 Å². The standard InChI is InChI=1S/C19H22F4N4O2S2/c1-11-8-17(31(28,29)26-18-24-6-7-30-18)13(20)10-15(11)25-14-5-4-12(19(21,22)23)9-16(14)27(2)3/h4,6-8,10,14,16,25H,5,9H2,1-3H3,(H,24,26)/t14-,16-/m0/s1. The maximum atomic E-state index is 14.7. The largest absolute Gasteiger partial charge is 0.412 e. The molecule has 0 aliphatic heterocycles. The second kappa shape index (κ2) is 8.75. The van der Waals surface area contributed by atoms with Gasteiger partial charge in [-0.2, -0.15) is 13.2 Å². The molecule has 0 saturated heterocycles. The Morgan fingerprint density at radius 3 is 2.55 bits per heavy atom. The smallest absolute Gasteiger partial charge is 0.380 e. The molecule has 3 rings (SSSR count). The molecule has 0 saturated carbocycles. The van der Waals surface area contributed by atoms with Crippen molar-refractivity contribution in [2.24, 2.45) is 0 Å². The number of alkyl halides is 3. The maximum Gasteiger partial charge on any atom is 0.412 e. The second-order valence-electron chi connectivity index (χ2n) is 7.49. The number of sulfonamides is 1. The van der Waals surface area contributed by atoms with Crippen LogP contribution in [-0.4, -0.2) is 50.7 Å². The lowest BCUT2D eigenvalue weighted by molar-refractivity contribution is -0.0970. The third-order valence-corrected chi connectivity index (χ3v) is 7.27. The average molecular weight is 479 g/mol. The number of rotatable bonds is 6. The van der Waals surface area contributed by atoms with Crippen molar-refractivity contribution in [2.75, 3.05) is 24.1 Å². The first-order valence-electron chi connectivity index (χ1n) is 9.30. The highest BCUT2D eigenvalue weighted by atomic mass is 32.2. The molecule has 2 atom stereocenters. The maximum absolute atomic E-state index is 14.7. The molecule has 2 aromatic rings. The number of aromatic nitrogens is 1. The zero-order valence-electron chi connectivity index (χ0n) is 17.0. The molecule has 1 aliphatic rings. The molecule has 1 aromatic carbocycles. The zero-order valence-corrected chi connectivity index (χ0v) is 18.6. The van der Waals surface area contributed by atoms with E-state index < -0.39 is 44.6 Å². The van der Waals surface area contributed by atoms with Gasteiger partial charge in [-0.1, -0.05) is 6.08 Å². The molecular formula is C19H22F4N4O2S2. The van der Waals surface area contributed by atoms with Crippen LogP contribution in [0, 0.1) is 12.7 Å². The van der Waals surface area contributed by atoms with Crippen molar-refractivity contribution in [3.63, 3.8) is 0 Å². The number of benzene rings is 1. The first kappa shape index (κ1) is 23.5. The van der Waals surface area contributed by atoms with Crippen molar-refractivity contribution in [1.29, 1.82) is 0 Å². The molecule has 1 aromatic heterocycles. The molecule has 0 unspecified atom stereocenters. The van der Waals surface area contributed by atoms with Gasteiger partial charge in [0.05, 0.1) is 0 Å². The Labute approximate surface area is 182 Å². The summed E-state index contributed by atoms with van der Waals surface area (Å²) in [4.78, 5) is 4.99. The monoisotopic (exact) mass is 478 g/mol. The summed E-state index contributed by atoms with van der Waals surface area (Å²) < 4.78 is 81.3. The molecule has 0 spiro atoms. The molecule has 2 N–H and O–H groups in total. The van der Waals surface area contributed by atoms with E-state index in [4.69, 9.17) is 0 Å². The number of likely N-dealkylation sites (N-methyl/N-ethyl adjacent to an activating group) is 1. The molecule has 0 amide bonds. The van der Waals surface area contributed by atoms with E-state index in [0.29, 0.717) is 11.3 Å². The molecule has 1 aliphatic carbocycles. The van der Waals surface area contributed by atoms with E-state index in [2.05, 4.69) is 15.0 Å². The summed E-state index contributed by atoms with van der Waals surface area (Å²) in [7, 11) is -0.809. The number of anilines is 2. The van der Waals surface area contributed by atoms with Gasteiger partial charge in [0.15, 0.2) is 5.13 Å². The summed E-state index contributed by atoms with van der Waals surface area (Å²) in [6.07, 6.45) is -1.91. The fraction of sp³-hybridized carbons (Fsp3) is 0.421. The topological polar surface area (TPSA) is 74.3 Å². The highest BCUT2D eigenvalue weighted by Crippen LogP contribution is 2.36. The van der Waals surface area contributed by atoms with Crippen LogP contribution in [0.3, 0.4) is 0 Å². The van der Waals surface area contributed by atoms with E-state index in [9.17, 15) is 26.0 Å². The summed E-state index contributed by atoms with van der Waals surface area (Å²) in [5.74, 6) is -0.971. The van der Waals surface area contributed by atoms with Crippen LogP contribution in [0.2, 0.25) is 0 Å². The third kappa shape index (κ3) is 5.36. The van der Waals surface area contributed by atoms with Gasteiger partial charge in [0.1, 0.15) is 10.7 Å². The van der Waals surface area contributed by atoms with E-state index in [1.54, 1.807) is 31.3 Å². The van der Waals surface area contributed by atoms with Crippen LogP contribution in [-0.2, 0) is 10.0 Å².